The smallest absolute Gasteiger partial charge is 0.266 e. The van der Waals surface area contributed by atoms with Crippen LogP contribution < -0.4 is 21.1 Å². The Labute approximate surface area is 208 Å². The highest BCUT2D eigenvalue weighted by atomic mass is 35.5. The summed E-state index contributed by atoms with van der Waals surface area (Å²) in [5.74, 6) is 1.37. The zero-order valence-electron chi connectivity index (χ0n) is 20.1. The van der Waals surface area contributed by atoms with E-state index < -0.39 is 0 Å². The van der Waals surface area contributed by atoms with E-state index >= 15 is 0 Å². The van der Waals surface area contributed by atoms with Gasteiger partial charge in [0.15, 0.2) is 5.65 Å². The molecule has 0 radical (unpaired) electrons. The second kappa shape index (κ2) is 8.46. The number of halogens is 1. The molecule has 11 heteroatoms. The fourth-order valence-electron chi connectivity index (χ4n) is 5.92. The van der Waals surface area contributed by atoms with Crippen LogP contribution in [0.2, 0.25) is 5.02 Å². The lowest BCUT2D eigenvalue weighted by Crippen LogP contribution is -2.51. The normalized spacial score (nSPS) is 24.2. The van der Waals surface area contributed by atoms with Crippen LogP contribution in [0.25, 0.3) is 22.3 Å². The molecule has 1 spiro atoms. The summed E-state index contributed by atoms with van der Waals surface area (Å²) in [6.07, 6.45) is 5.87. The maximum absolute atomic E-state index is 13.6. The quantitative estimate of drug-likeness (QED) is 0.564. The van der Waals surface area contributed by atoms with E-state index in [-0.39, 0.29) is 23.1 Å². The van der Waals surface area contributed by atoms with Crippen LogP contribution in [0, 0.1) is 5.41 Å². The first-order valence-electron chi connectivity index (χ1n) is 12.4. The molecule has 0 saturated carbocycles. The van der Waals surface area contributed by atoms with Crippen LogP contribution in [0.5, 0.6) is 0 Å². The highest BCUT2D eigenvalue weighted by molar-refractivity contribution is 6.36. The fourth-order valence-corrected chi connectivity index (χ4v) is 6.24. The summed E-state index contributed by atoms with van der Waals surface area (Å²) in [5.41, 5.74) is 7.98. The predicted octanol–water partition coefficient (Wildman–Crippen LogP) is 2.30. The van der Waals surface area contributed by atoms with E-state index in [1.165, 1.54) is 0 Å². The predicted molar refractivity (Wildman–Crippen MR) is 136 cm³/mol. The summed E-state index contributed by atoms with van der Waals surface area (Å²) < 4.78 is 7.46. The molecule has 0 unspecified atom stereocenters. The molecule has 3 aromatic heterocycles. The largest absolute Gasteiger partial charge is 0.376 e. The van der Waals surface area contributed by atoms with Crippen molar-refractivity contribution >= 4 is 34.4 Å². The van der Waals surface area contributed by atoms with Gasteiger partial charge >= 0.3 is 0 Å². The summed E-state index contributed by atoms with van der Waals surface area (Å²) >= 11 is 6.79. The van der Waals surface area contributed by atoms with Crippen LogP contribution in [0.3, 0.4) is 0 Å². The molecule has 35 heavy (non-hydrogen) atoms. The third-order valence-corrected chi connectivity index (χ3v) is 8.57. The van der Waals surface area contributed by atoms with Gasteiger partial charge < -0.3 is 20.3 Å². The SMILES string of the molecule is C[C@@H]1OCC2(CCN(c3nc4[nH]nc(-c5ccnc(N6CCCC6)c5Cl)c4c(=O)n3C)CC2)[C@@H]1N. The Hall–Kier alpha value is -2.69. The molecule has 0 aromatic carbocycles. The Morgan fingerprint density at radius 3 is 2.63 bits per heavy atom. The number of H-pyrrole nitrogens is 1. The van der Waals surface area contributed by atoms with Gasteiger partial charge in [-0.2, -0.15) is 10.1 Å². The number of hydrogen-bond donors (Lipinski definition) is 2. The van der Waals surface area contributed by atoms with Gasteiger partial charge in [-0.25, -0.2) is 4.98 Å². The van der Waals surface area contributed by atoms with E-state index in [0.29, 0.717) is 39.9 Å². The van der Waals surface area contributed by atoms with E-state index in [9.17, 15) is 4.79 Å². The van der Waals surface area contributed by atoms with Gasteiger partial charge in [0.25, 0.3) is 5.56 Å². The van der Waals surface area contributed by atoms with Gasteiger partial charge in [0.05, 0.1) is 17.7 Å². The number of aromatic amines is 1. The number of aromatic nitrogens is 5. The summed E-state index contributed by atoms with van der Waals surface area (Å²) in [4.78, 5) is 27.2. The minimum absolute atomic E-state index is 0.00514. The van der Waals surface area contributed by atoms with E-state index in [1.807, 2.05) is 13.0 Å². The average Bonchev–Trinajstić information content (AvgIpc) is 3.60. The van der Waals surface area contributed by atoms with Crippen LogP contribution in [0.15, 0.2) is 17.1 Å². The van der Waals surface area contributed by atoms with Crippen molar-refractivity contribution in [2.45, 2.75) is 44.8 Å². The zero-order chi connectivity index (χ0) is 24.3. The maximum atomic E-state index is 13.6. The Bertz CT molecular complexity index is 1320. The second-order valence-electron chi connectivity index (χ2n) is 10.2. The van der Waals surface area contributed by atoms with Crippen molar-refractivity contribution in [3.8, 4) is 11.3 Å². The number of pyridine rings is 1. The number of piperidine rings is 1. The molecule has 3 saturated heterocycles. The molecule has 10 nitrogen and oxygen atoms in total. The van der Waals surface area contributed by atoms with Gasteiger partial charge in [-0.1, -0.05) is 11.6 Å². The van der Waals surface area contributed by atoms with Gasteiger partial charge in [-0.3, -0.25) is 14.5 Å². The lowest BCUT2D eigenvalue weighted by molar-refractivity contribution is 0.0973. The van der Waals surface area contributed by atoms with Crippen molar-refractivity contribution < 1.29 is 4.74 Å². The molecule has 6 rings (SSSR count). The maximum Gasteiger partial charge on any atom is 0.266 e. The van der Waals surface area contributed by atoms with Crippen molar-refractivity contribution in [1.29, 1.82) is 0 Å². The third-order valence-electron chi connectivity index (χ3n) is 8.20. The van der Waals surface area contributed by atoms with Crippen LogP contribution in [-0.2, 0) is 11.8 Å². The molecule has 0 amide bonds. The molecule has 0 aliphatic carbocycles. The van der Waals surface area contributed by atoms with E-state index in [1.54, 1.807) is 17.8 Å². The van der Waals surface area contributed by atoms with Crippen LogP contribution in [0.4, 0.5) is 11.8 Å². The number of ether oxygens (including phenoxy) is 1. The average molecular weight is 499 g/mol. The number of nitrogens with zero attached hydrogens (tertiary/aromatic N) is 6. The molecular weight excluding hydrogens is 468 g/mol. The summed E-state index contributed by atoms with van der Waals surface area (Å²) in [6.45, 7) is 6.14. The van der Waals surface area contributed by atoms with Gasteiger partial charge in [0.2, 0.25) is 5.95 Å². The Kier molecular flexibility index (Phi) is 5.50. The summed E-state index contributed by atoms with van der Waals surface area (Å²) in [5, 5.41) is 8.40. The molecular formula is C24H31ClN8O2. The Balaban J connectivity index is 1.34. The summed E-state index contributed by atoms with van der Waals surface area (Å²) in [7, 11) is 1.77. The van der Waals surface area contributed by atoms with Crippen molar-refractivity contribution in [2.75, 3.05) is 42.6 Å². The minimum atomic E-state index is -0.154. The Morgan fingerprint density at radius 1 is 1.20 bits per heavy atom. The molecule has 3 aliphatic heterocycles. The summed E-state index contributed by atoms with van der Waals surface area (Å²) in [6, 6.07) is 1.85. The first-order chi connectivity index (χ1) is 16.9. The molecule has 3 fully saturated rings. The molecule has 3 aliphatic rings. The zero-order valence-corrected chi connectivity index (χ0v) is 20.9. The Morgan fingerprint density at radius 2 is 1.94 bits per heavy atom. The molecule has 186 valence electrons. The first-order valence-corrected chi connectivity index (χ1v) is 12.7. The molecule has 3 aromatic rings. The highest BCUT2D eigenvalue weighted by Gasteiger charge is 2.47. The van der Waals surface area contributed by atoms with Gasteiger partial charge in [0.1, 0.15) is 16.9 Å². The number of nitrogens with one attached hydrogen (secondary N) is 1. The molecule has 2 atom stereocenters. The topological polar surface area (TPSA) is 118 Å². The van der Waals surface area contributed by atoms with Gasteiger partial charge in [-0.15, -0.1) is 0 Å². The molecule has 3 N–H and O–H groups in total. The van der Waals surface area contributed by atoms with Gasteiger partial charge in [0, 0.05) is 56.4 Å². The third kappa shape index (κ3) is 3.53. The van der Waals surface area contributed by atoms with Crippen molar-refractivity contribution in [2.24, 2.45) is 18.2 Å². The highest BCUT2D eigenvalue weighted by Crippen LogP contribution is 2.42. The van der Waals surface area contributed by atoms with Crippen LogP contribution in [0.1, 0.15) is 32.6 Å². The number of hydrogen-bond acceptors (Lipinski definition) is 8. The number of anilines is 2. The monoisotopic (exact) mass is 498 g/mol. The lowest BCUT2D eigenvalue weighted by Gasteiger charge is -2.41. The van der Waals surface area contributed by atoms with E-state index in [4.69, 9.17) is 27.1 Å². The molecule has 6 heterocycles. The fraction of sp³-hybridized carbons (Fsp3) is 0.583. The van der Waals surface area contributed by atoms with Crippen molar-refractivity contribution in [1.82, 2.24) is 24.7 Å². The first kappa shape index (κ1) is 22.8. The van der Waals surface area contributed by atoms with Crippen molar-refractivity contribution in [3.63, 3.8) is 0 Å². The van der Waals surface area contributed by atoms with Crippen molar-refractivity contribution in [3.05, 3.63) is 27.6 Å². The number of rotatable bonds is 3. The van der Waals surface area contributed by atoms with E-state index in [2.05, 4.69) is 25.0 Å². The lowest BCUT2D eigenvalue weighted by atomic mass is 9.73. The van der Waals surface area contributed by atoms with E-state index in [0.717, 1.165) is 57.7 Å². The van der Waals surface area contributed by atoms with Crippen LogP contribution >= 0.6 is 11.6 Å². The van der Waals surface area contributed by atoms with Crippen LogP contribution in [-0.4, -0.2) is 69.7 Å². The van der Waals surface area contributed by atoms with Gasteiger partial charge in [-0.05, 0) is 38.7 Å². The number of nitrogens with two attached hydrogens (primary N) is 1. The second-order valence-corrected chi connectivity index (χ2v) is 10.5. The standard InChI is InChI=1S/C24H31ClN8O2/c1-14-19(26)24(13-35-14)6-11-33(12-7-24)23-28-20-16(22(34)31(23)2)18(29-30-20)15-5-8-27-21(17(15)25)32-9-3-4-10-32/h5,8,14,19H,3-4,6-7,9-13,26H2,1-2H3,(H,29,30)/t14-,19+/m0/s1. The minimum Gasteiger partial charge on any atom is -0.376 e. The number of fused-ring (bicyclic) bond motifs is 1. The molecule has 0 bridgehead atoms.